The number of hydrogen-bond donors (Lipinski definition) is 1. The maximum atomic E-state index is 12.4. The van der Waals surface area contributed by atoms with Gasteiger partial charge in [0.1, 0.15) is 23.7 Å². The summed E-state index contributed by atoms with van der Waals surface area (Å²) in [5.74, 6) is 2.16. The molecule has 0 aliphatic carbocycles. The van der Waals surface area contributed by atoms with Gasteiger partial charge < -0.3 is 29.0 Å². The summed E-state index contributed by atoms with van der Waals surface area (Å²) >= 11 is 0. The van der Waals surface area contributed by atoms with Gasteiger partial charge in [-0.15, -0.1) is 0 Å². The highest BCUT2D eigenvalue weighted by Crippen LogP contribution is 2.42. The molecule has 1 heterocycles. The zero-order valence-electron chi connectivity index (χ0n) is 21.9. The van der Waals surface area contributed by atoms with Gasteiger partial charge in [0.25, 0.3) is 0 Å². The van der Waals surface area contributed by atoms with Crippen LogP contribution in [0.3, 0.4) is 0 Å². The number of rotatable bonds is 12. The average Bonchev–Trinajstić information content (AvgIpc) is 3.27. The molecule has 0 atom stereocenters. The van der Waals surface area contributed by atoms with Crippen molar-refractivity contribution in [2.75, 3.05) is 35.0 Å². The topological polar surface area (TPSA) is 92.3 Å². The van der Waals surface area contributed by atoms with Gasteiger partial charge in [-0.05, 0) is 56.4 Å². The van der Waals surface area contributed by atoms with E-state index in [9.17, 15) is 9.59 Å². The molecule has 8 nitrogen and oxygen atoms in total. The van der Waals surface area contributed by atoms with Crippen LogP contribution in [-0.4, -0.2) is 46.9 Å². The summed E-state index contributed by atoms with van der Waals surface area (Å²) in [6.07, 6.45) is 4.27. The summed E-state index contributed by atoms with van der Waals surface area (Å²) in [7, 11) is 6.36. The fourth-order valence-electron chi connectivity index (χ4n) is 4.39. The molecule has 2 aromatic rings. The largest absolute Gasteiger partial charge is 0.496 e. The lowest BCUT2D eigenvalue weighted by Gasteiger charge is -2.18. The number of esters is 1. The van der Waals surface area contributed by atoms with Gasteiger partial charge in [0.2, 0.25) is 5.91 Å². The van der Waals surface area contributed by atoms with Crippen molar-refractivity contribution in [3.8, 4) is 23.0 Å². The minimum atomic E-state index is -0.376. The van der Waals surface area contributed by atoms with Crippen LogP contribution in [0.2, 0.25) is 0 Å². The molecular weight excluding hydrogens is 462 g/mol. The number of allylic oxidation sites excluding steroid dienone is 2. The van der Waals surface area contributed by atoms with Crippen molar-refractivity contribution in [2.24, 2.45) is 0 Å². The highest BCUT2D eigenvalue weighted by Gasteiger charge is 2.32. The van der Waals surface area contributed by atoms with E-state index in [4.69, 9.17) is 23.7 Å². The van der Waals surface area contributed by atoms with Crippen LogP contribution >= 0.6 is 0 Å². The fraction of sp³-hybridized carbons (Fsp3) is 0.429. The Morgan fingerprint density at radius 3 is 2.42 bits per heavy atom. The molecule has 1 amide bonds. The molecule has 0 spiro atoms. The minimum Gasteiger partial charge on any atom is -0.496 e. The predicted octanol–water partition coefficient (Wildman–Crippen LogP) is 4.33. The van der Waals surface area contributed by atoms with Crippen LogP contribution in [0.1, 0.15) is 52.4 Å². The SMILES string of the molecule is COc1ccc(CCNC(=O)CC/C(C)=C/Cc2c(OC)c(C)c3c(c2OC)C(=O)OC3)cc1OC. The molecule has 36 heavy (non-hydrogen) atoms. The Labute approximate surface area is 212 Å². The van der Waals surface area contributed by atoms with E-state index >= 15 is 0 Å². The number of methoxy groups -OCH3 is 4. The van der Waals surface area contributed by atoms with Crippen molar-refractivity contribution < 1.29 is 33.3 Å². The van der Waals surface area contributed by atoms with Crippen LogP contribution in [0.4, 0.5) is 0 Å². The molecule has 2 aromatic carbocycles. The lowest BCUT2D eigenvalue weighted by atomic mass is 9.94. The Balaban J connectivity index is 1.57. The molecule has 0 saturated carbocycles. The van der Waals surface area contributed by atoms with Crippen LogP contribution < -0.4 is 24.3 Å². The van der Waals surface area contributed by atoms with Gasteiger partial charge in [-0.25, -0.2) is 4.79 Å². The Morgan fingerprint density at radius 1 is 1.03 bits per heavy atom. The molecule has 0 bridgehead atoms. The second-order valence-electron chi connectivity index (χ2n) is 8.64. The van der Waals surface area contributed by atoms with Gasteiger partial charge >= 0.3 is 5.97 Å². The Bertz CT molecular complexity index is 1150. The Kier molecular flexibility index (Phi) is 9.22. The number of carbonyl (C=O) groups excluding carboxylic acids is 2. The van der Waals surface area contributed by atoms with Gasteiger partial charge in [-0.3, -0.25) is 4.79 Å². The van der Waals surface area contributed by atoms with Gasteiger partial charge in [0, 0.05) is 24.1 Å². The number of ether oxygens (including phenoxy) is 5. The number of hydrogen-bond acceptors (Lipinski definition) is 7. The monoisotopic (exact) mass is 497 g/mol. The van der Waals surface area contributed by atoms with Crippen molar-refractivity contribution in [3.05, 3.63) is 57.7 Å². The summed E-state index contributed by atoms with van der Waals surface area (Å²) < 4.78 is 27.1. The Morgan fingerprint density at radius 2 is 1.75 bits per heavy atom. The number of nitrogens with one attached hydrogen (secondary N) is 1. The molecule has 1 N–H and O–H groups in total. The number of cyclic esters (lactones) is 1. The third-order valence-corrected chi connectivity index (χ3v) is 6.42. The maximum Gasteiger partial charge on any atom is 0.342 e. The van der Waals surface area contributed by atoms with E-state index in [0.29, 0.717) is 60.8 Å². The summed E-state index contributed by atoms with van der Waals surface area (Å²) in [6, 6.07) is 5.74. The predicted molar refractivity (Wildman–Crippen MR) is 136 cm³/mol. The standard InChI is InChI=1S/C28H35NO7/c1-17(8-12-24(30)29-14-13-19-9-11-22(32-3)23(15-19)33-4)7-10-20-26(34-5)18(2)21-16-36-28(31)25(21)27(20)35-6/h7,9,11,15H,8,10,12-14,16H2,1-6H3,(H,29,30)/b17-7+. The first kappa shape index (κ1) is 26.9. The highest BCUT2D eigenvalue weighted by atomic mass is 16.5. The van der Waals surface area contributed by atoms with Crippen molar-refractivity contribution in [3.63, 3.8) is 0 Å². The van der Waals surface area contributed by atoms with E-state index in [1.807, 2.05) is 38.1 Å². The lowest BCUT2D eigenvalue weighted by Crippen LogP contribution is -2.25. The first-order valence-electron chi connectivity index (χ1n) is 11.9. The summed E-state index contributed by atoms with van der Waals surface area (Å²) in [5, 5.41) is 2.97. The van der Waals surface area contributed by atoms with Gasteiger partial charge in [-0.1, -0.05) is 17.7 Å². The van der Waals surface area contributed by atoms with Gasteiger partial charge in [0.05, 0.1) is 28.4 Å². The highest BCUT2D eigenvalue weighted by molar-refractivity contribution is 5.98. The van der Waals surface area contributed by atoms with Crippen molar-refractivity contribution >= 4 is 11.9 Å². The third kappa shape index (κ3) is 5.93. The zero-order chi connectivity index (χ0) is 26.2. The quantitative estimate of drug-likeness (QED) is 0.345. The smallest absolute Gasteiger partial charge is 0.342 e. The molecular formula is C28H35NO7. The second-order valence-corrected chi connectivity index (χ2v) is 8.64. The number of fused-ring (bicyclic) bond motifs is 1. The summed E-state index contributed by atoms with van der Waals surface area (Å²) in [4.78, 5) is 24.7. The molecule has 0 aromatic heterocycles. The van der Waals surface area contributed by atoms with Crippen LogP contribution in [-0.2, 0) is 29.0 Å². The zero-order valence-corrected chi connectivity index (χ0v) is 21.9. The maximum absolute atomic E-state index is 12.4. The molecule has 1 aliphatic heterocycles. The van der Waals surface area contributed by atoms with E-state index in [1.54, 1.807) is 28.4 Å². The third-order valence-electron chi connectivity index (χ3n) is 6.42. The van der Waals surface area contributed by atoms with E-state index in [2.05, 4.69) is 5.32 Å². The van der Waals surface area contributed by atoms with Crippen LogP contribution in [0, 0.1) is 6.92 Å². The van der Waals surface area contributed by atoms with Crippen LogP contribution in [0.25, 0.3) is 0 Å². The van der Waals surface area contributed by atoms with Crippen molar-refractivity contribution in [1.82, 2.24) is 5.32 Å². The molecule has 0 saturated heterocycles. The molecule has 1 aliphatic rings. The molecule has 0 unspecified atom stereocenters. The van der Waals surface area contributed by atoms with E-state index < -0.39 is 0 Å². The Hall–Kier alpha value is -3.68. The second kappa shape index (κ2) is 12.3. The molecule has 194 valence electrons. The van der Waals surface area contributed by atoms with Crippen molar-refractivity contribution in [1.29, 1.82) is 0 Å². The van der Waals surface area contributed by atoms with Gasteiger partial charge in [0.15, 0.2) is 11.5 Å². The summed E-state index contributed by atoms with van der Waals surface area (Å²) in [6.45, 7) is 4.68. The van der Waals surface area contributed by atoms with Crippen molar-refractivity contribution in [2.45, 2.75) is 46.1 Å². The lowest BCUT2D eigenvalue weighted by molar-refractivity contribution is -0.121. The molecule has 3 rings (SSSR count). The summed E-state index contributed by atoms with van der Waals surface area (Å²) in [5.41, 5.74) is 5.09. The number of amides is 1. The normalized spacial score (nSPS) is 12.6. The van der Waals surface area contributed by atoms with Gasteiger partial charge in [-0.2, -0.15) is 0 Å². The minimum absolute atomic E-state index is 0.00508. The fourth-order valence-corrected chi connectivity index (χ4v) is 4.39. The van der Waals surface area contributed by atoms with Crippen LogP contribution in [0.5, 0.6) is 23.0 Å². The first-order valence-corrected chi connectivity index (χ1v) is 11.9. The number of benzene rings is 2. The van der Waals surface area contributed by atoms with E-state index in [0.717, 1.165) is 27.8 Å². The molecule has 8 heteroatoms. The molecule has 0 radical (unpaired) electrons. The van der Waals surface area contributed by atoms with Crippen LogP contribution in [0.15, 0.2) is 29.8 Å². The van der Waals surface area contributed by atoms with E-state index in [1.165, 1.54) is 0 Å². The van der Waals surface area contributed by atoms with E-state index in [-0.39, 0.29) is 18.5 Å². The average molecular weight is 498 g/mol. The first-order chi connectivity index (χ1) is 17.3. The number of carbonyl (C=O) groups is 2. The molecule has 0 fully saturated rings.